The van der Waals surface area contributed by atoms with Crippen LogP contribution in [0.1, 0.15) is 0 Å². The summed E-state index contributed by atoms with van der Waals surface area (Å²) in [6.07, 6.45) is 1.41. The van der Waals surface area contributed by atoms with Gasteiger partial charge in [-0.25, -0.2) is 14.4 Å². The zero-order valence-electron chi connectivity index (χ0n) is 13.0. The molecule has 0 aliphatic heterocycles. The van der Waals surface area contributed by atoms with Crippen LogP contribution in [0.3, 0.4) is 0 Å². The molecule has 0 radical (unpaired) electrons. The molecule has 0 amide bonds. The molecular weight excluding hydrogens is 413 g/mol. The Morgan fingerprint density at radius 1 is 1.12 bits per heavy atom. The minimum atomic E-state index is -0.447. The van der Waals surface area contributed by atoms with Crippen LogP contribution in [0, 0.1) is 5.82 Å². The smallest absolute Gasteiger partial charge is 0.226 e. The maximum absolute atomic E-state index is 13.7. The Morgan fingerprint density at radius 2 is 2.00 bits per heavy atom. The molecule has 0 atom stereocenters. The molecule has 1 aromatic heterocycles. The molecule has 0 saturated carbocycles. The van der Waals surface area contributed by atoms with E-state index >= 15 is 0 Å². The number of benzene rings is 2. The fourth-order valence-electron chi connectivity index (χ4n) is 2.19. The number of fused-ring (bicyclic) bond motifs is 1. The van der Waals surface area contributed by atoms with Gasteiger partial charge in [-0.1, -0.05) is 27.5 Å². The van der Waals surface area contributed by atoms with Crippen LogP contribution in [0.25, 0.3) is 10.9 Å². The maximum Gasteiger partial charge on any atom is 0.226 e. The lowest BCUT2D eigenvalue weighted by molar-refractivity contribution is 0.336. The highest BCUT2D eigenvalue weighted by Crippen LogP contribution is 2.25. The average Bonchev–Trinajstić information content (AvgIpc) is 2.61. The summed E-state index contributed by atoms with van der Waals surface area (Å²) < 4.78 is 24.9. The number of halogens is 3. The molecule has 1 N–H and O–H groups in total. The van der Waals surface area contributed by atoms with Crippen molar-refractivity contribution in [2.24, 2.45) is 0 Å². The second-order valence-corrected chi connectivity index (χ2v) is 6.21. The number of aromatic nitrogens is 2. The third kappa shape index (κ3) is 4.49. The summed E-state index contributed by atoms with van der Waals surface area (Å²) in [5.74, 6) is 0.675. The number of alkyl halides is 1. The lowest BCUT2D eigenvalue weighted by Gasteiger charge is -2.11. The maximum atomic E-state index is 13.7. The van der Waals surface area contributed by atoms with E-state index in [0.29, 0.717) is 28.7 Å². The lowest BCUT2D eigenvalue weighted by atomic mass is 10.2. The molecule has 5 nitrogen and oxygen atoms in total. The summed E-state index contributed by atoms with van der Waals surface area (Å²) in [7, 11) is 0. The van der Waals surface area contributed by atoms with Crippen LogP contribution in [-0.2, 0) is 0 Å². The number of ether oxygens (including phenoxy) is 2. The van der Waals surface area contributed by atoms with Crippen LogP contribution in [0.15, 0.2) is 42.7 Å². The topological polar surface area (TPSA) is 56.3 Å². The highest BCUT2D eigenvalue weighted by Gasteiger charge is 2.07. The van der Waals surface area contributed by atoms with Crippen molar-refractivity contribution >= 4 is 44.1 Å². The van der Waals surface area contributed by atoms with Gasteiger partial charge in [0.05, 0.1) is 23.2 Å². The molecule has 0 aliphatic carbocycles. The highest BCUT2D eigenvalue weighted by atomic mass is 79.9. The Morgan fingerprint density at radius 3 is 2.80 bits per heavy atom. The highest BCUT2D eigenvalue weighted by molar-refractivity contribution is 9.09. The summed E-state index contributed by atoms with van der Waals surface area (Å²) in [4.78, 5) is 8.35. The molecule has 0 fully saturated rings. The van der Waals surface area contributed by atoms with E-state index in [0.717, 1.165) is 16.5 Å². The monoisotopic (exact) mass is 425 g/mol. The summed E-state index contributed by atoms with van der Waals surface area (Å²) in [6.45, 7) is 0.614. The fourth-order valence-corrected chi connectivity index (χ4v) is 2.51. The van der Waals surface area contributed by atoms with E-state index in [1.54, 1.807) is 12.1 Å². The van der Waals surface area contributed by atoms with Gasteiger partial charge in [-0.2, -0.15) is 0 Å². The Bertz CT molecular complexity index is 882. The first-order valence-corrected chi connectivity index (χ1v) is 8.92. The van der Waals surface area contributed by atoms with Gasteiger partial charge in [0, 0.05) is 16.4 Å². The molecule has 8 heteroatoms. The Balaban J connectivity index is 1.70. The van der Waals surface area contributed by atoms with Crippen molar-refractivity contribution in [3.63, 3.8) is 0 Å². The Kier molecular flexibility index (Phi) is 5.88. The van der Waals surface area contributed by atoms with E-state index in [-0.39, 0.29) is 6.73 Å². The fraction of sp³-hybridized carbons (Fsp3) is 0.176. The van der Waals surface area contributed by atoms with E-state index in [4.69, 9.17) is 21.1 Å². The van der Waals surface area contributed by atoms with Crippen LogP contribution in [0.5, 0.6) is 11.6 Å². The molecule has 2 aromatic carbocycles. The Hall–Kier alpha value is -2.12. The van der Waals surface area contributed by atoms with Crippen LogP contribution in [0.4, 0.5) is 10.1 Å². The van der Waals surface area contributed by atoms with Crippen molar-refractivity contribution in [3.8, 4) is 11.6 Å². The van der Waals surface area contributed by atoms with Gasteiger partial charge in [0.15, 0.2) is 6.73 Å². The van der Waals surface area contributed by atoms with Crippen molar-refractivity contribution in [2.45, 2.75) is 0 Å². The third-order valence-electron chi connectivity index (χ3n) is 3.32. The third-order valence-corrected chi connectivity index (χ3v) is 3.88. The molecule has 0 unspecified atom stereocenters. The molecule has 3 aromatic rings. The normalized spacial score (nSPS) is 10.7. The number of anilines is 1. The second kappa shape index (κ2) is 8.31. The second-order valence-electron chi connectivity index (χ2n) is 4.98. The molecule has 25 heavy (non-hydrogen) atoms. The standard InChI is InChI=1S/C17H14BrClFN3O2/c18-5-6-24-12-2-3-13-16(8-12)21-9-22-17(13)25-10-23-15-4-1-11(19)7-14(15)20/h1-4,7-9,23H,5-6,10H2. The molecule has 1 heterocycles. The van der Waals surface area contributed by atoms with Gasteiger partial charge in [-0.15, -0.1) is 0 Å². The Labute approximate surface area is 157 Å². The average molecular weight is 427 g/mol. The van der Waals surface area contributed by atoms with Crippen molar-refractivity contribution in [1.29, 1.82) is 0 Å². The largest absolute Gasteiger partial charge is 0.493 e. The molecule has 0 spiro atoms. The predicted octanol–water partition coefficient (Wildman–Crippen LogP) is 4.64. The lowest BCUT2D eigenvalue weighted by Crippen LogP contribution is -2.11. The van der Waals surface area contributed by atoms with E-state index in [9.17, 15) is 4.39 Å². The van der Waals surface area contributed by atoms with Gasteiger partial charge >= 0.3 is 0 Å². The number of rotatable bonds is 7. The zero-order chi connectivity index (χ0) is 17.6. The van der Waals surface area contributed by atoms with Gasteiger partial charge in [0.2, 0.25) is 5.88 Å². The van der Waals surface area contributed by atoms with Crippen LogP contribution in [0.2, 0.25) is 5.02 Å². The number of nitrogens with zero attached hydrogens (tertiary/aromatic N) is 2. The predicted molar refractivity (Wildman–Crippen MR) is 99.4 cm³/mol. The SMILES string of the molecule is Fc1cc(Cl)ccc1NCOc1ncnc2cc(OCCBr)ccc12. The van der Waals surface area contributed by atoms with Gasteiger partial charge in [0.1, 0.15) is 17.9 Å². The van der Waals surface area contributed by atoms with E-state index < -0.39 is 5.82 Å². The van der Waals surface area contributed by atoms with Crippen LogP contribution in [-0.4, -0.2) is 28.6 Å². The minimum Gasteiger partial charge on any atom is -0.493 e. The van der Waals surface area contributed by atoms with Crippen molar-refractivity contribution < 1.29 is 13.9 Å². The van der Waals surface area contributed by atoms with E-state index in [1.807, 2.05) is 18.2 Å². The quantitative estimate of drug-likeness (QED) is 0.440. The number of hydrogen-bond donors (Lipinski definition) is 1. The number of hydrogen-bond acceptors (Lipinski definition) is 5. The molecule has 0 aliphatic rings. The molecule has 0 saturated heterocycles. The number of nitrogens with one attached hydrogen (secondary N) is 1. The van der Waals surface area contributed by atoms with Gasteiger partial charge < -0.3 is 14.8 Å². The molecule has 3 rings (SSSR count). The van der Waals surface area contributed by atoms with Gasteiger partial charge in [-0.05, 0) is 30.3 Å². The van der Waals surface area contributed by atoms with Gasteiger partial charge in [-0.3, -0.25) is 0 Å². The van der Waals surface area contributed by atoms with E-state index in [1.165, 1.54) is 12.4 Å². The summed E-state index contributed by atoms with van der Waals surface area (Å²) in [5.41, 5.74) is 1.00. The first kappa shape index (κ1) is 17.7. The van der Waals surface area contributed by atoms with E-state index in [2.05, 4.69) is 31.2 Å². The first-order valence-electron chi connectivity index (χ1n) is 7.42. The summed E-state index contributed by atoms with van der Waals surface area (Å²) in [5, 5.41) is 4.67. The van der Waals surface area contributed by atoms with Crippen molar-refractivity contribution in [1.82, 2.24) is 9.97 Å². The molecule has 0 bridgehead atoms. The van der Waals surface area contributed by atoms with Crippen molar-refractivity contribution in [2.75, 3.05) is 24.0 Å². The first-order chi connectivity index (χ1) is 12.2. The molecular formula is C17H14BrClFN3O2. The zero-order valence-corrected chi connectivity index (χ0v) is 15.3. The summed E-state index contributed by atoms with van der Waals surface area (Å²) >= 11 is 9.04. The van der Waals surface area contributed by atoms with Crippen LogP contribution < -0.4 is 14.8 Å². The molecule has 130 valence electrons. The minimum absolute atomic E-state index is 0.0481. The van der Waals surface area contributed by atoms with Crippen LogP contribution >= 0.6 is 27.5 Å². The van der Waals surface area contributed by atoms with Gasteiger partial charge in [0.25, 0.3) is 0 Å². The van der Waals surface area contributed by atoms with Crippen molar-refractivity contribution in [3.05, 3.63) is 53.6 Å². The summed E-state index contributed by atoms with van der Waals surface area (Å²) in [6, 6.07) is 9.86.